The van der Waals surface area contributed by atoms with Crippen LogP contribution in [-0.2, 0) is 4.74 Å². The minimum Gasteiger partial charge on any atom is -0.508 e. The van der Waals surface area contributed by atoms with Crippen LogP contribution in [0.5, 0.6) is 5.75 Å². The van der Waals surface area contributed by atoms with E-state index in [0.29, 0.717) is 18.4 Å². The van der Waals surface area contributed by atoms with Crippen molar-refractivity contribution in [3.05, 3.63) is 23.8 Å². The Bertz CT molecular complexity index is 312. The molecular formula is C12H19NO2. The van der Waals surface area contributed by atoms with Gasteiger partial charge in [-0.1, -0.05) is 6.92 Å². The Kier molecular flexibility index (Phi) is 4.43. The molecule has 0 amide bonds. The largest absolute Gasteiger partial charge is 0.508 e. The zero-order valence-electron chi connectivity index (χ0n) is 9.58. The Morgan fingerprint density at radius 3 is 2.73 bits per heavy atom. The van der Waals surface area contributed by atoms with Gasteiger partial charge in [-0.2, -0.15) is 0 Å². The van der Waals surface area contributed by atoms with Crippen LogP contribution in [0.1, 0.15) is 18.9 Å². The van der Waals surface area contributed by atoms with Crippen LogP contribution in [0.15, 0.2) is 18.2 Å². The van der Waals surface area contributed by atoms with Gasteiger partial charge in [-0.05, 0) is 37.1 Å². The van der Waals surface area contributed by atoms with E-state index in [4.69, 9.17) is 4.74 Å². The molecule has 0 heterocycles. The zero-order valence-corrected chi connectivity index (χ0v) is 9.58. The quantitative estimate of drug-likeness (QED) is 0.732. The first kappa shape index (κ1) is 11.9. The first-order valence-corrected chi connectivity index (χ1v) is 5.22. The molecule has 3 nitrogen and oxygen atoms in total. The molecule has 1 atom stereocenters. The average Bonchev–Trinajstić information content (AvgIpc) is 2.21. The van der Waals surface area contributed by atoms with Crippen LogP contribution in [-0.4, -0.2) is 24.9 Å². The average molecular weight is 209 g/mol. The number of benzene rings is 1. The number of rotatable bonds is 5. The fourth-order valence-corrected chi connectivity index (χ4v) is 1.49. The van der Waals surface area contributed by atoms with Gasteiger partial charge < -0.3 is 15.2 Å². The molecule has 0 aliphatic carbocycles. The summed E-state index contributed by atoms with van der Waals surface area (Å²) in [7, 11) is 1.70. The summed E-state index contributed by atoms with van der Waals surface area (Å²) in [5.41, 5.74) is 2.10. The predicted octanol–water partition coefficient (Wildman–Crippen LogP) is 2.54. The molecule has 1 aromatic carbocycles. The number of hydrogen-bond acceptors (Lipinski definition) is 3. The highest BCUT2D eigenvalue weighted by Crippen LogP contribution is 2.21. The van der Waals surface area contributed by atoms with Crippen molar-refractivity contribution in [2.75, 3.05) is 19.0 Å². The molecule has 0 radical (unpaired) electrons. The number of anilines is 1. The van der Waals surface area contributed by atoms with Crippen molar-refractivity contribution in [3.8, 4) is 5.75 Å². The summed E-state index contributed by atoms with van der Waals surface area (Å²) in [6.45, 7) is 4.78. The van der Waals surface area contributed by atoms with Crippen LogP contribution in [0.3, 0.4) is 0 Å². The van der Waals surface area contributed by atoms with E-state index in [1.54, 1.807) is 19.2 Å². The summed E-state index contributed by atoms with van der Waals surface area (Å²) in [5.74, 6) is 0.304. The Morgan fingerprint density at radius 2 is 2.20 bits per heavy atom. The van der Waals surface area contributed by atoms with Crippen molar-refractivity contribution in [1.82, 2.24) is 0 Å². The van der Waals surface area contributed by atoms with Gasteiger partial charge in [-0.15, -0.1) is 0 Å². The van der Waals surface area contributed by atoms with Gasteiger partial charge in [0.1, 0.15) is 5.75 Å². The Hall–Kier alpha value is -1.22. The summed E-state index contributed by atoms with van der Waals surface area (Å²) in [5, 5.41) is 12.7. The molecule has 0 bridgehead atoms. The van der Waals surface area contributed by atoms with E-state index >= 15 is 0 Å². The van der Waals surface area contributed by atoms with Gasteiger partial charge in [0.2, 0.25) is 0 Å². The Labute approximate surface area is 91.1 Å². The van der Waals surface area contributed by atoms with Gasteiger partial charge in [0, 0.05) is 18.8 Å². The van der Waals surface area contributed by atoms with E-state index in [2.05, 4.69) is 12.2 Å². The van der Waals surface area contributed by atoms with Crippen LogP contribution in [0.25, 0.3) is 0 Å². The van der Waals surface area contributed by atoms with Crippen LogP contribution >= 0.6 is 0 Å². The van der Waals surface area contributed by atoms with E-state index in [9.17, 15) is 5.11 Å². The highest BCUT2D eigenvalue weighted by molar-refractivity contribution is 5.53. The third kappa shape index (κ3) is 3.44. The first-order chi connectivity index (χ1) is 7.17. The number of aryl methyl sites for hydroxylation is 1. The summed E-state index contributed by atoms with van der Waals surface area (Å²) in [6.07, 6.45) is 1.01. The number of phenolic OH excluding ortho intramolecular Hbond substituents is 1. The van der Waals surface area contributed by atoms with Crippen molar-refractivity contribution in [1.29, 1.82) is 0 Å². The molecule has 84 valence electrons. The number of methoxy groups -OCH3 is 1. The van der Waals surface area contributed by atoms with E-state index in [0.717, 1.165) is 17.7 Å². The maximum Gasteiger partial charge on any atom is 0.115 e. The second-order valence-corrected chi connectivity index (χ2v) is 3.70. The predicted molar refractivity (Wildman–Crippen MR) is 62.4 cm³/mol. The number of phenols is 1. The number of ether oxygens (including phenoxy) is 1. The molecule has 15 heavy (non-hydrogen) atoms. The fraction of sp³-hybridized carbons (Fsp3) is 0.500. The molecule has 1 aromatic rings. The summed E-state index contributed by atoms with van der Waals surface area (Å²) >= 11 is 0. The van der Waals surface area contributed by atoms with Crippen LogP contribution in [0.4, 0.5) is 5.69 Å². The topological polar surface area (TPSA) is 41.5 Å². The van der Waals surface area contributed by atoms with Crippen molar-refractivity contribution >= 4 is 5.69 Å². The molecule has 0 aliphatic rings. The monoisotopic (exact) mass is 209 g/mol. The van der Waals surface area contributed by atoms with E-state index in [-0.39, 0.29) is 0 Å². The molecule has 0 aromatic heterocycles. The summed E-state index contributed by atoms with van der Waals surface area (Å²) in [4.78, 5) is 0. The van der Waals surface area contributed by atoms with Crippen molar-refractivity contribution in [2.24, 2.45) is 0 Å². The van der Waals surface area contributed by atoms with Gasteiger partial charge in [0.05, 0.1) is 6.61 Å². The Balaban J connectivity index is 2.70. The number of hydrogen-bond donors (Lipinski definition) is 2. The molecule has 1 rings (SSSR count). The van der Waals surface area contributed by atoms with Crippen LogP contribution in [0.2, 0.25) is 0 Å². The lowest BCUT2D eigenvalue weighted by Crippen LogP contribution is -2.24. The molecule has 1 unspecified atom stereocenters. The summed E-state index contributed by atoms with van der Waals surface area (Å²) in [6, 6.07) is 5.65. The first-order valence-electron chi connectivity index (χ1n) is 5.22. The van der Waals surface area contributed by atoms with E-state index < -0.39 is 0 Å². The zero-order chi connectivity index (χ0) is 11.3. The molecule has 0 saturated heterocycles. The number of aromatic hydroxyl groups is 1. The van der Waals surface area contributed by atoms with Gasteiger partial charge in [-0.3, -0.25) is 0 Å². The lowest BCUT2D eigenvalue weighted by Gasteiger charge is -2.18. The van der Waals surface area contributed by atoms with Crippen molar-refractivity contribution < 1.29 is 9.84 Å². The van der Waals surface area contributed by atoms with Gasteiger partial charge in [0.25, 0.3) is 0 Å². The van der Waals surface area contributed by atoms with Gasteiger partial charge in [-0.25, -0.2) is 0 Å². The molecule has 0 spiro atoms. The molecule has 3 heteroatoms. The minimum absolute atomic E-state index is 0.304. The highest BCUT2D eigenvalue weighted by atomic mass is 16.5. The molecule has 0 saturated carbocycles. The van der Waals surface area contributed by atoms with Crippen LogP contribution < -0.4 is 5.32 Å². The third-order valence-electron chi connectivity index (χ3n) is 2.43. The fourth-order valence-electron chi connectivity index (χ4n) is 1.49. The lowest BCUT2D eigenvalue weighted by molar-refractivity contribution is 0.184. The second kappa shape index (κ2) is 5.61. The Morgan fingerprint density at radius 1 is 1.47 bits per heavy atom. The summed E-state index contributed by atoms with van der Waals surface area (Å²) < 4.78 is 5.12. The standard InChI is InChI=1S/C12H19NO2/c1-4-10(8-15-3)13-12-6-5-11(14)7-9(12)2/h5-7,10,13-14H,4,8H2,1-3H3. The van der Waals surface area contributed by atoms with Crippen LogP contribution in [0, 0.1) is 6.92 Å². The second-order valence-electron chi connectivity index (χ2n) is 3.70. The molecule has 0 aliphatic heterocycles. The minimum atomic E-state index is 0.304. The van der Waals surface area contributed by atoms with Crippen molar-refractivity contribution in [2.45, 2.75) is 26.3 Å². The molecular weight excluding hydrogens is 190 g/mol. The smallest absolute Gasteiger partial charge is 0.115 e. The lowest BCUT2D eigenvalue weighted by atomic mass is 10.1. The SMILES string of the molecule is CCC(COC)Nc1ccc(O)cc1C. The third-order valence-corrected chi connectivity index (χ3v) is 2.43. The molecule has 2 N–H and O–H groups in total. The maximum absolute atomic E-state index is 9.28. The normalized spacial score (nSPS) is 12.5. The van der Waals surface area contributed by atoms with E-state index in [1.807, 2.05) is 13.0 Å². The van der Waals surface area contributed by atoms with Gasteiger partial charge in [0.15, 0.2) is 0 Å². The highest BCUT2D eigenvalue weighted by Gasteiger charge is 2.07. The van der Waals surface area contributed by atoms with Gasteiger partial charge >= 0.3 is 0 Å². The van der Waals surface area contributed by atoms with Crippen molar-refractivity contribution in [3.63, 3.8) is 0 Å². The maximum atomic E-state index is 9.28. The molecule has 0 fully saturated rings. The van der Waals surface area contributed by atoms with E-state index in [1.165, 1.54) is 0 Å². The number of nitrogens with one attached hydrogen (secondary N) is 1.